The van der Waals surface area contributed by atoms with Crippen molar-refractivity contribution >= 4 is 28.2 Å². The van der Waals surface area contributed by atoms with E-state index in [9.17, 15) is 4.79 Å². The normalized spacial score (nSPS) is 13.2. The Hall–Kier alpha value is -2.75. The number of aromatic nitrogens is 1. The highest BCUT2D eigenvalue weighted by Gasteiger charge is 2.18. The van der Waals surface area contributed by atoms with Crippen molar-refractivity contribution in [1.82, 2.24) is 4.57 Å². The van der Waals surface area contributed by atoms with Crippen LogP contribution in [-0.2, 0) is 17.8 Å². The summed E-state index contributed by atoms with van der Waals surface area (Å²) < 4.78 is 2.14. The number of nitrogens with zero attached hydrogens (tertiary/aromatic N) is 2. The van der Waals surface area contributed by atoms with Crippen LogP contribution in [0.1, 0.15) is 18.9 Å². The van der Waals surface area contributed by atoms with E-state index >= 15 is 0 Å². The molecule has 0 bridgehead atoms. The number of nitrogens with one attached hydrogen (secondary N) is 1. The van der Waals surface area contributed by atoms with Crippen molar-refractivity contribution in [3.63, 3.8) is 0 Å². The molecule has 1 amide bonds. The molecule has 4 heteroatoms. The Morgan fingerprint density at radius 1 is 1.16 bits per heavy atom. The van der Waals surface area contributed by atoms with Crippen LogP contribution in [0.5, 0.6) is 0 Å². The van der Waals surface area contributed by atoms with Gasteiger partial charge in [0.25, 0.3) is 0 Å². The van der Waals surface area contributed by atoms with E-state index in [0.717, 1.165) is 25.2 Å². The quantitative estimate of drug-likeness (QED) is 0.765. The summed E-state index contributed by atoms with van der Waals surface area (Å²) in [6.07, 6.45) is 3.61. The minimum absolute atomic E-state index is 0.0544. The maximum Gasteiger partial charge on any atom is 0.226 e. The fourth-order valence-corrected chi connectivity index (χ4v) is 3.63. The van der Waals surface area contributed by atoms with E-state index in [1.807, 2.05) is 24.4 Å². The van der Waals surface area contributed by atoms with Gasteiger partial charge in [-0.3, -0.25) is 4.79 Å². The van der Waals surface area contributed by atoms with Crippen molar-refractivity contribution in [2.24, 2.45) is 0 Å². The van der Waals surface area contributed by atoms with E-state index in [0.29, 0.717) is 13.0 Å². The molecule has 1 N–H and O–H groups in total. The highest BCUT2D eigenvalue weighted by atomic mass is 16.1. The molecule has 0 aliphatic carbocycles. The monoisotopic (exact) mass is 333 g/mol. The molecule has 25 heavy (non-hydrogen) atoms. The summed E-state index contributed by atoms with van der Waals surface area (Å²) in [7, 11) is 0. The van der Waals surface area contributed by atoms with Crippen LogP contribution in [-0.4, -0.2) is 23.6 Å². The summed E-state index contributed by atoms with van der Waals surface area (Å²) in [4.78, 5) is 14.7. The third-order valence-corrected chi connectivity index (χ3v) is 5.00. The van der Waals surface area contributed by atoms with Gasteiger partial charge in [0.2, 0.25) is 5.91 Å². The molecule has 128 valence electrons. The number of benzene rings is 2. The number of likely N-dealkylation sites (N-methyl/N-ethyl adjacent to an activating group) is 1. The molecule has 2 heterocycles. The zero-order valence-electron chi connectivity index (χ0n) is 14.5. The van der Waals surface area contributed by atoms with E-state index in [2.05, 4.69) is 52.0 Å². The SMILES string of the molecule is CCN1CCc2ccc(NC(=O)CCn3ccc4ccccc43)cc21. The average molecular weight is 333 g/mol. The molecule has 0 unspecified atom stereocenters. The van der Waals surface area contributed by atoms with Gasteiger partial charge in [-0.15, -0.1) is 0 Å². The second kappa shape index (κ2) is 6.63. The Bertz CT molecular complexity index is 912. The maximum absolute atomic E-state index is 12.4. The van der Waals surface area contributed by atoms with Crippen LogP contribution in [0.4, 0.5) is 11.4 Å². The van der Waals surface area contributed by atoms with E-state index in [-0.39, 0.29) is 5.91 Å². The van der Waals surface area contributed by atoms with Gasteiger partial charge in [0, 0.05) is 49.1 Å². The van der Waals surface area contributed by atoms with Crippen molar-refractivity contribution in [3.8, 4) is 0 Å². The van der Waals surface area contributed by atoms with Gasteiger partial charge >= 0.3 is 0 Å². The van der Waals surface area contributed by atoms with E-state index in [1.165, 1.54) is 22.2 Å². The Morgan fingerprint density at radius 3 is 2.92 bits per heavy atom. The van der Waals surface area contributed by atoms with E-state index < -0.39 is 0 Å². The Morgan fingerprint density at radius 2 is 2.04 bits per heavy atom. The van der Waals surface area contributed by atoms with Crippen molar-refractivity contribution < 1.29 is 4.79 Å². The van der Waals surface area contributed by atoms with Gasteiger partial charge in [0.15, 0.2) is 0 Å². The van der Waals surface area contributed by atoms with Crippen LogP contribution < -0.4 is 10.2 Å². The predicted octanol–water partition coefficient (Wildman–Crippen LogP) is 4.05. The average Bonchev–Trinajstić information content (AvgIpc) is 3.23. The first-order chi connectivity index (χ1) is 12.2. The van der Waals surface area contributed by atoms with Gasteiger partial charge in [-0.25, -0.2) is 0 Å². The van der Waals surface area contributed by atoms with Gasteiger partial charge in [0.1, 0.15) is 0 Å². The van der Waals surface area contributed by atoms with Crippen LogP contribution in [0.2, 0.25) is 0 Å². The molecule has 0 radical (unpaired) electrons. The van der Waals surface area contributed by atoms with Gasteiger partial charge in [0.05, 0.1) is 0 Å². The van der Waals surface area contributed by atoms with Crippen LogP contribution >= 0.6 is 0 Å². The van der Waals surface area contributed by atoms with E-state index in [4.69, 9.17) is 0 Å². The minimum Gasteiger partial charge on any atom is -0.371 e. The molecule has 1 aromatic heterocycles. The summed E-state index contributed by atoms with van der Waals surface area (Å²) in [5.74, 6) is 0.0544. The largest absolute Gasteiger partial charge is 0.371 e. The van der Waals surface area contributed by atoms with Crippen molar-refractivity contribution in [1.29, 1.82) is 0 Å². The fourth-order valence-electron chi connectivity index (χ4n) is 3.63. The molecule has 0 spiro atoms. The molecular weight excluding hydrogens is 310 g/mol. The number of carbonyl (C=O) groups is 1. The van der Waals surface area contributed by atoms with Crippen molar-refractivity contribution in [3.05, 3.63) is 60.3 Å². The molecule has 3 aromatic rings. The number of para-hydroxylation sites is 1. The molecule has 4 nitrogen and oxygen atoms in total. The lowest BCUT2D eigenvalue weighted by molar-refractivity contribution is -0.116. The maximum atomic E-state index is 12.4. The second-order valence-corrected chi connectivity index (χ2v) is 6.54. The number of rotatable bonds is 5. The van der Waals surface area contributed by atoms with Crippen LogP contribution in [0.25, 0.3) is 10.9 Å². The smallest absolute Gasteiger partial charge is 0.226 e. The first-order valence-electron chi connectivity index (χ1n) is 8.96. The zero-order chi connectivity index (χ0) is 17.2. The Labute approximate surface area is 148 Å². The van der Waals surface area contributed by atoms with Gasteiger partial charge in [-0.05, 0) is 48.6 Å². The van der Waals surface area contributed by atoms with Crippen LogP contribution in [0.3, 0.4) is 0 Å². The van der Waals surface area contributed by atoms with Gasteiger partial charge in [-0.2, -0.15) is 0 Å². The third-order valence-electron chi connectivity index (χ3n) is 5.00. The Kier molecular flexibility index (Phi) is 4.18. The molecule has 4 rings (SSSR count). The molecule has 1 aliphatic heterocycles. The van der Waals surface area contributed by atoms with Crippen LogP contribution in [0, 0.1) is 0 Å². The second-order valence-electron chi connectivity index (χ2n) is 6.54. The number of anilines is 2. The molecule has 2 aromatic carbocycles. The van der Waals surface area contributed by atoms with Gasteiger partial charge in [-0.1, -0.05) is 24.3 Å². The molecule has 0 fully saturated rings. The number of carbonyl (C=O) groups excluding carboxylic acids is 1. The lowest BCUT2D eigenvalue weighted by atomic mass is 10.1. The van der Waals surface area contributed by atoms with E-state index in [1.54, 1.807) is 0 Å². The van der Waals surface area contributed by atoms with Gasteiger partial charge < -0.3 is 14.8 Å². The molecule has 0 saturated heterocycles. The minimum atomic E-state index is 0.0544. The molecule has 0 saturated carbocycles. The zero-order valence-corrected chi connectivity index (χ0v) is 14.5. The number of amides is 1. The molecular formula is C21H23N3O. The van der Waals surface area contributed by atoms with Crippen molar-refractivity contribution in [2.75, 3.05) is 23.3 Å². The summed E-state index contributed by atoms with van der Waals surface area (Å²) >= 11 is 0. The van der Waals surface area contributed by atoms with Crippen LogP contribution in [0.15, 0.2) is 54.7 Å². The first-order valence-corrected chi connectivity index (χ1v) is 8.96. The lowest BCUT2D eigenvalue weighted by Crippen LogP contribution is -2.19. The highest BCUT2D eigenvalue weighted by molar-refractivity contribution is 5.91. The first kappa shape index (κ1) is 15.8. The Balaban J connectivity index is 1.41. The standard InChI is InChI=1S/C21H23N3O/c1-2-23-12-9-17-7-8-18(15-20(17)23)22-21(25)11-14-24-13-10-16-5-3-4-6-19(16)24/h3-8,10,13,15H,2,9,11-12,14H2,1H3,(H,22,25). The third kappa shape index (κ3) is 3.12. The summed E-state index contributed by atoms with van der Waals surface area (Å²) in [5, 5.41) is 4.26. The number of hydrogen-bond acceptors (Lipinski definition) is 2. The molecule has 1 aliphatic rings. The number of fused-ring (bicyclic) bond motifs is 2. The summed E-state index contributed by atoms with van der Waals surface area (Å²) in [6, 6.07) is 16.6. The van der Waals surface area contributed by atoms with Crippen molar-refractivity contribution in [2.45, 2.75) is 26.3 Å². The summed E-state index contributed by atoms with van der Waals surface area (Å²) in [6.45, 7) is 4.93. The fraction of sp³-hybridized carbons (Fsp3) is 0.286. The number of aryl methyl sites for hydroxylation is 1. The highest BCUT2D eigenvalue weighted by Crippen LogP contribution is 2.30. The lowest BCUT2D eigenvalue weighted by Gasteiger charge is -2.17. The molecule has 0 atom stereocenters. The summed E-state index contributed by atoms with van der Waals surface area (Å²) in [5.41, 5.74) is 4.70. The topological polar surface area (TPSA) is 37.3 Å². The predicted molar refractivity (Wildman–Crippen MR) is 103 cm³/mol. The number of hydrogen-bond donors (Lipinski definition) is 1.